The summed E-state index contributed by atoms with van der Waals surface area (Å²) in [6.07, 6.45) is 3.26. The summed E-state index contributed by atoms with van der Waals surface area (Å²) in [5.41, 5.74) is 0.798. The van der Waals surface area contributed by atoms with E-state index in [2.05, 4.69) is 10.3 Å². The summed E-state index contributed by atoms with van der Waals surface area (Å²) in [4.78, 5) is 14.8. The number of carbonyl (C=O) groups excluding carboxylic acids is 1. The molecule has 68 valence electrons. The number of carbonyl (C=O) groups is 1. The van der Waals surface area contributed by atoms with Crippen molar-refractivity contribution >= 4 is 17.1 Å². The minimum Gasteiger partial charge on any atom is -0.614 e. The number of rotatable bonds is 1. The number of amides is 1. The van der Waals surface area contributed by atoms with Gasteiger partial charge in [0.2, 0.25) is 5.37 Å². The second kappa shape index (κ2) is 3.35. The standard InChI is InChI=1S/C8H8N2O2S/c11-7-5-13(12)8(10-7)6-2-1-3-9-4-6/h1-4,8H,5H2,(H,10,11). The molecule has 0 aliphatic carbocycles. The molecule has 1 saturated heterocycles. The fourth-order valence-corrected chi connectivity index (χ4v) is 2.45. The number of aromatic nitrogens is 1. The third kappa shape index (κ3) is 1.66. The van der Waals surface area contributed by atoms with Gasteiger partial charge in [-0.15, -0.1) is 0 Å². The zero-order valence-electron chi connectivity index (χ0n) is 6.77. The molecule has 1 N–H and O–H groups in total. The number of nitrogens with one attached hydrogen (secondary N) is 1. The van der Waals surface area contributed by atoms with Crippen molar-refractivity contribution in [3.63, 3.8) is 0 Å². The monoisotopic (exact) mass is 196 g/mol. The molecule has 0 radical (unpaired) electrons. The molecule has 0 aromatic carbocycles. The Balaban J connectivity index is 2.23. The van der Waals surface area contributed by atoms with E-state index in [0.717, 1.165) is 5.56 Å². The number of nitrogens with zero attached hydrogens (tertiary/aromatic N) is 1. The van der Waals surface area contributed by atoms with Gasteiger partial charge in [-0.2, -0.15) is 0 Å². The minimum absolute atomic E-state index is 0.0968. The van der Waals surface area contributed by atoms with E-state index in [1.165, 1.54) is 0 Å². The molecule has 1 fully saturated rings. The predicted molar refractivity (Wildman–Crippen MR) is 48.1 cm³/mol. The van der Waals surface area contributed by atoms with Gasteiger partial charge in [0.1, 0.15) is 0 Å². The first-order valence-corrected chi connectivity index (χ1v) is 5.22. The average Bonchev–Trinajstić information content (AvgIpc) is 2.47. The van der Waals surface area contributed by atoms with Gasteiger partial charge in [0, 0.05) is 18.0 Å². The molecular formula is C8H8N2O2S. The largest absolute Gasteiger partial charge is 0.614 e. The van der Waals surface area contributed by atoms with E-state index in [4.69, 9.17) is 0 Å². The van der Waals surface area contributed by atoms with Gasteiger partial charge in [-0.1, -0.05) is 0 Å². The molecule has 0 bridgehead atoms. The third-order valence-corrected chi connectivity index (χ3v) is 3.28. The fraction of sp³-hybridized carbons (Fsp3) is 0.250. The number of pyridine rings is 1. The summed E-state index contributed by atoms with van der Waals surface area (Å²) >= 11 is -1.14. The Morgan fingerprint density at radius 1 is 1.69 bits per heavy atom. The molecule has 0 spiro atoms. The van der Waals surface area contributed by atoms with Gasteiger partial charge < -0.3 is 9.87 Å². The highest BCUT2D eigenvalue weighted by Crippen LogP contribution is 2.23. The predicted octanol–water partition coefficient (Wildman–Crippen LogP) is -0.0413. The molecule has 0 saturated carbocycles. The summed E-state index contributed by atoms with van der Waals surface area (Å²) in [5, 5.41) is 2.27. The lowest BCUT2D eigenvalue weighted by atomic mass is 10.3. The van der Waals surface area contributed by atoms with E-state index < -0.39 is 11.2 Å². The first-order chi connectivity index (χ1) is 6.27. The summed E-state index contributed by atoms with van der Waals surface area (Å²) in [7, 11) is 0. The number of hydrogen-bond acceptors (Lipinski definition) is 3. The molecule has 13 heavy (non-hydrogen) atoms. The Morgan fingerprint density at radius 3 is 3.08 bits per heavy atom. The van der Waals surface area contributed by atoms with Crippen molar-refractivity contribution in [2.75, 3.05) is 5.75 Å². The smallest absolute Gasteiger partial charge is 0.274 e. The van der Waals surface area contributed by atoms with Gasteiger partial charge in [-0.05, 0) is 23.3 Å². The van der Waals surface area contributed by atoms with E-state index >= 15 is 0 Å². The topological polar surface area (TPSA) is 65.0 Å². The van der Waals surface area contributed by atoms with Crippen molar-refractivity contribution in [1.29, 1.82) is 0 Å². The van der Waals surface area contributed by atoms with Gasteiger partial charge in [0.15, 0.2) is 5.75 Å². The van der Waals surface area contributed by atoms with Crippen LogP contribution in [0.3, 0.4) is 0 Å². The highest BCUT2D eigenvalue weighted by molar-refractivity contribution is 7.92. The Kier molecular flexibility index (Phi) is 2.20. The lowest BCUT2D eigenvalue weighted by Crippen LogP contribution is -2.20. The zero-order chi connectivity index (χ0) is 9.26. The van der Waals surface area contributed by atoms with Crippen molar-refractivity contribution in [3.05, 3.63) is 30.1 Å². The molecule has 1 aromatic rings. The molecule has 2 rings (SSSR count). The normalized spacial score (nSPS) is 27.3. The summed E-state index contributed by atoms with van der Waals surface area (Å²) < 4.78 is 11.4. The molecule has 5 heteroatoms. The lowest BCUT2D eigenvalue weighted by molar-refractivity contribution is -0.118. The van der Waals surface area contributed by atoms with Crippen molar-refractivity contribution < 1.29 is 9.35 Å². The van der Waals surface area contributed by atoms with Crippen LogP contribution < -0.4 is 5.32 Å². The third-order valence-electron chi connectivity index (χ3n) is 1.82. The highest BCUT2D eigenvalue weighted by atomic mass is 32.2. The van der Waals surface area contributed by atoms with Crippen LogP contribution in [0.15, 0.2) is 24.5 Å². The molecule has 2 unspecified atom stereocenters. The maximum absolute atomic E-state index is 11.4. The van der Waals surface area contributed by atoms with Crippen molar-refractivity contribution in [2.45, 2.75) is 5.37 Å². The second-order valence-corrected chi connectivity index (χ2v) is 4.28. The molecule has 2 heterocycles. The SMILES string of the molecule is O=C1C[S+]([O-])C(c2cccnc2)N1. The van der Waals surface area contributed by atoms with Gasteiger partial charge in [0.25, 0.3) is 5.91 Å². The van der Waals surface area contributed by atoms with Crippen LogP contribution in [-0.4, -0.2) is 21.2 Å². The first-order valence-electron chi connectivity index (χ1n) is 3.84. The van der Waals surface area contributed by atoms with Crippen LogP contribution in [0.1, 0.15) is 10.9 Å². The van der Waals surface area contributed by atoms with E-state index in [1.807, 2.05) is 0 Å². The maximum Gasteiger partial charge on any atom is 0.274 e. The van der Waals surface area contributed by atoms with E-state index in [-0.39, 0.29) is 17.0 Å². The Bertz CT molecular complexity index is 317. The molecule has 2 atom stereocenters. The Labute approximate surface area is 78.5 Å². The Hall–Kier alpha value is -1.07. The van der Waals surface area contributed by atoms with Gasteiger partial charge >= 0.3 is 0 Å². The van der Waals surface area contributed by atoms with Crippen LogP contribution in [0.4, 0.5) is 0 Å². The summed E-state index contributed by atoms with van der Waals surface area (Å²) in [5.74, 6) is -0.0632. The molecule has 1 amide bonds. The molecular weight excluding hydrogens is 188 g/mol. The molecule has 1 aliphatic heterocycles. The van der Waals surface area contributed by atoms with Crippen molar-refractivity contribution in [1.82, 2.24) is 10.3 Å². The quantitative estimate of drug-likeness (QED) is 0.641. The van der Waals surface area contributed by atoms with Crippen LogP contribution in [0.5, 0.6) is 0 Å². The van der Waals surface area contributed by atoms with Gasteiger partial charge in [0.05, 0.1) is 0 Å². The minimum atomic E-state index is -1.14. The van der Waals surface area contributed by atoms with E-state index in [1.54, 1.807) is 24.5 Å². The van der Waals surface area contributed by atoms with E-state index in [0.29, 0.717) is 0 Å². The lowest BCUT2D eigenvalue weighted by Gasteiger charge is -2.11. The van der Waals surface area contributed by atoms with Crippen LogP contribution in [0.25, 0.3) is 0 Å². The van der Waals surface area contributed by atoms with Crippen LogP contribution in [0, 0.1) is 0 Å². The molecule has 4 nitrogen and oxygen atoms in total. The van der Waals surface area contributed by atoms with Gasteiger partial charge in [-0.3, -0.25) is 9.78 Å². The first kappa shape index (κ1) is 8.52. The van der Waals surface area contributed by atoms with E-state index in [9.17, 15) is 9.35 Å². The van der Waals surface area contributed by atoms with Crippen molar-refractivity contribution in [3.8, 4) is 0 Å². The number of hydrogen-bond donors (Lipinski definition) is 1. The van der Waals surface area contributed by atoms with Crippen molar-refractivity contribution in [2.24, 2.45) is 0 Å². The van der Waals surface area contributed by atoms with Crippen LogP contribution in [-0.2, 0) is 16.0 Å². The fourth-order valence-electron chi connectivity index (χ4n) is 1.23. The van der Waals surface area contributed by atoms with Crippen LogP contribution in [0.2, 0.25) is 0 Å². The zero-order valence-corrected chi connectivity index (χ0v) is 7.58. The summed E-state index contributed by atoms with van der Waals surface area (Å²) in [6, 6.07) is 3.57. The highest BCUT2D eigenvalue weighted by Gasteiger charge is 2.35. The van der Waals surface area contributed by atoms with Crippen LogP contribution >= 0.6 is 0 Å². The molecule has 1 aromatic heterocycles. The Morgan fingerprint density at radius 2 is 2.54 bits per heavy atom. The summed E-state index contributed by atoms with van der Waals surface area (Å²) in [6.45, 7) is 0. The average molecular weight is 196 g/mol. The second-order valence-electron chi connectivity index (χ2n) is 2.76. The maximum atomic E-state index is 11.4. The van der Waals surface area contributed by atoms with Gasteiger partial charge in [-0.25, -0.2) is 0 Å². The molecule has 1 aliphatic rings.